The summed E-state index contributed by atoms with van der Waals surface area (Å²) in [6.45, 7) is 2.73. The number of anilines is 2. The van der Waals surface area contributed by atoms with Gasteiger partial charge in [-0.25, -0.2) is 8.42 Å². The minimum atomic E-state index is -3.21. The number of benzene rings is 1. The Morgan fingerprint density at radius 1 is 1.42 bits per heavy atom. The molecule has 2 rings (SSSR count). The van der Waals surface area contributed by atoms with Crippen molar-refractivity contribution in [2.75, 3.05) is 23.9 Å². The number of hydrogen-bond donors (Lipinski definition) is 2. The lowest BCUT2D eigenvalue weighted by Crippen LogP contribution is -2.40. The first-order valence-corrected chi connectivity index (χ1v) is 8.27. The van der Waals surface area contributed by atoms with Crippen molar-refractivity contribution in [2.45, 2.75) is 36.8 Å². The van der Waals surface area contributed by atoms with Crippen LogP contribution in [0.25, 0.3) is 0 Å². The molecule has 0 saturated heterocycles. The molecular formula is C13H20N2O3S. The minimum absolute atomic E-state index is 0.247. The summed E-state index contributed by atoms with van der Waals surface area (Å²) in [6, 6.07) is 5.14. The standard InChI is InChI=1S/C13H20N2O3S/c1-3-18-10-6-9(7-10)15-13-5-4-11(8-12(13)14)19(2,16)17/h4-5,8-10,15H,3,6-7,14H2,1-2H3. The molecule has 106 valence electrons. The molecule has 3 N–H and O–H groups in total. The average molecular weight is 284 g/mol. The number of nitrogens with one attached hydrogen (secondary N) is 1. The van der Waals surface area contributed by atoms with Crippen molar-refractivity contribution in [3.63, 3.8) is 0 Å². The van der Waals surface area contributed by atoms with E-state index in [1.165, 1.54) is 12.3 Å². The first-order valence-electron chi connectivity index (χ1n) is 6.38. The van der Waals surface area contributed by atoms with Crippen LogP contribution in [-0.2, 0) is 14.6 Å². The third-order valence-corrected chi connectivity index (χ3v) is 4.42. The highest BCUT2D eigenvalue weighted by atomic mass is 32.2. The van der Waals surface area contributed by atoms with E-state index in [0.717, 1.165) is 25.1 Å². The van der Waals surface area contributed by atoms with E-state index < -0.39 is 9.84 Å². The highest BCUT2D eigenvalue weighted by Gasteiger charge is 2.29. The van der Waals surface area contributed by atoms with Crippen molar-refractivity contribution < 1.29 is 13.2 Å². The zero-order valence-electron chi connectivity index (χ0n) is 11.2. The molecule has 1 aromatic carbocycles. The summed E-state index contributed by atoms with van der Waals surface area (Å²) in [6.07, 6.45) is 3.43. The highest BCUT2D eigenvalue weighted by Crippen LogP contribution is 2.30. The van der Waals surface area contributed by atoms with E-state index in [9.17, 15) is 8.42 Å². The van der Waals surface area contributed by atoms with Gasteiger partial charge in [0.2, 0.25) is 0 Å². The van der Waals surface area contributed by atoms with Crippen molar-refractivity contribution in [3.05, 3.63) is 18.2 Å². The van der Waals surface area contributed by atoms with Gasteiger partial charge in [0, 0.05) is 18.9 Å². The molecule has 0 atom stereocenters. The molecule has 1 aliphatic rings. The van der Waals surface area contributed by atoms with Crippen molar-refractivity contribution in [1.82, 2.24) is 0 Å². The van der Waals surface area contributed by atoms with Gasteiger partial charge < -0.3 is 15.8 Å². The molecule has 0 unspecified atom stereocenters. The predicted octanol–water partition coefficient (Wildman–Crippen LogP) is 1.65. The van der Waals surface area contributed by atoms with E-state index in [4.69, 9.17) is 10.5 Å². The number of hydrogen-bond acceptors (Lipinski definition) is 5. The van der Waals surface area contributed by atoms with E-state index in [0.29, 0.717) is 17.8 Å². The Morgan fingerprint density at radius 3 is 2.63 bits per heavy atom. The quantitative estimate of drug-likeness (QED) is 0.804. The molecule has 1 aromatic rings. The smallest absolute Gasteiger partial charge is 0.175 e. The van der Waals surface area contributed by atoms with E-state index in [-0.39, 0.29) is 4.90 Å². The number of sulfone groups is 1. The second-order valence-corrected chi connectivity index (χ2v) is 6.93. The molecular weight excluding hydrogens is 264 g/mol. The molecule has 1 aliphatic carbocycles. The Morgan fingerprint density at radius 2 is 2.11 bits per heavy atom. The number of nitrogen functional groups attached to an aromatic ring is 1. The average Bonchev–Trinajstić information content (AvgIpc) is 2.27. The van der Waals surface area contributed by atoms with Crippen LogP contribution in [0, 0.1) is 0 Å². The summed E-state index contributed by atoms with van der Waals surface area (Å²) in [5.41, 5.74) is 7.13. The maximum absolute atomic E-state index is 11.4. The van der Waals surface area contributed by atoms with Crippen LogP contribution in [0.2, 0.25) is 0 Å². The van der Waals surface area contributed by atoms with Gasteiger partial charge >= 0.3 is 0 Å². The van der Waals surface area contributed by atoms with E-state index in [1.807, 2.05) is 6.92 Å². The Bertz CT molecular complexity index is 551. The van der Waals surface area contributed by atoms with Crippen LogP contribution >= 0.6 is 0 Å². The van der Waals surface area contributed by atoms with Gasteiger partial charge in [-0.3, -0.25) is 0 Å². The molecule has 6 heteroatoms. The summed E-state index contributed by atoms with van der Waals surface area (Å²) in [5.74, 6) is 0. The van der Waals surface area contributed by atoms with Crippen molar-refractivity contribution >= 4 is 21.2 Å². The maximum Gasteiger partial charge on any atom is 0.175 e. The summed E-state index contributed by atoms with van der Waals surface area (Å²) in [5, 5.41) is 3.31. The molecule has 0 heterocycles. The van der Waals surface area contributed by atoms with Crippen LogP contribution in [-0.4, -0.2) is 33.4 Å². The fraction of sp³-hybridized carbons (Fsp3) is 0.538. The van der Waals surface area contributed by atoms with Crippen molar-refractivity contribution in [3.8, 4) is 0 Å². The van der Waals surface area contributed by atoms with Crippen molar-refractivity contribution in [1.29, 1.82) is 0 Å². The van der Waals surface area contributed by atoms with Gasteiger partial charge in [0.05, 0.1) is 22.4 Å². The van der Waals surface area contributed by atoms with Gasteiger partial charge in [0.25, 0.3) is 0 Å². The monoisotopic (exact) mass is 284 g/mol. The zero-order valence-corrected chi connectivity index (χ0v) is 12.0. The van der Waals surface area contributed by atoms with Crippen LogP contribution in [0.4, 0.5) is 11.4 Å². The minimum Gasteiger partial charge on any atom is -0.397 e. The summed E-state index contributed by atoms with van der Waals surface area (Å²) < 4.78 is 28.3. The van der Waals surface area contributed by atoms with Crippen LogP contribution in [0.3, 0.4) is 0 Å². The number of ether oxygens (including phenoxy) is 1. The van der Waals surface area contributed by atoms with Gasteiger partial charge in [-0.05, 0) is 38.0 Å². The lowest BCUT2D eigenvalue weighted by Gasteiger charge is -2.36. The molecule has 0 radical (unpaired) electrons. The van der Waals surface area contributed by atoms with Gasteiger partial charge in [0.1, 0.15) is 0 Å². The second-order valence-electron chi connectivity index (χ2n) is 4.91. The largest absolute Gasteiger partial charge is 0.397 e. The summed E-state index contributed by atoms with van der Waals surface area (Å²) in [7, 11) is -3.21. The Balaban J connectivity index is 1.99. The third-order valence-electron chi connectivity index (χ3n) is 3.31. The number of nitrogens with two attached hydrogens (primary N) is 1. The van der Waals surface area contributed by atoms with Gasteiger partial charge in [-0.15, -0.1) is 0 Å². The first-order chi connectivity index (χ1) is 8.90. The Kier molecular flexibility index (Phi) is 4.01. The maximum atomic E-state index is 11.4. The fourth-order valence-electron chi connectivity index (χ4n) is 2.18. The molecule has 19 heavy (non-hydrogen) atoms. The van der Waals surface area contributed by atoms with Crippen LogP contribution in [0.5, 0.6) is 0 Å². The van der Waals surface area contributed by atoms with Crippen LogP contribution < -0.4 is 11.1 Å². The molecule has 5 nitrogen and oxygen atoms in total. The molecule has 0 aromatic heterocycles. The zero-order chi connectivity index (χ0) is 14.0. The SMILES string of the molecule is CCOC1CC(Nc2ccc(S(C)(=O)=O)cc2N)C1. The van der Waals surface area contributed by atoms with Gasteiger partial charge in [0.15, 0.2) is 9.84 Å². The Hall–Kier alpha value is -1.27. The highest BCUT2D eigenvalue weighted by molar-refractivity contribution is 7.90. The first kappa shape index (κ1) is 14.1. The normalized spacial score (nSPS) is 22.8. The van der Waals surface area contributed by atoms with E-state index >= 15 is 0 Å². The molecule has 0 spiro atoms. The summed E-state index contributed by atoms with van der Waals surface area (Å²) in [4.78, 5) is 0.247. The predicted molar refractivity (Wildman–Crippen MR) is 76.0 cm³/mol. The molecule has 1 fully saturated rings. The third kappa shape index (κ3) is 3.39. The molecule has 0 aliphatic heterocycles. The van der Waals surface area contributed by atoms with Crippen molar-refractivity contribution in [2.24, 2.45) is 0 Å². The van der Waals surface area contributed by atoms with Crippen LogP contribution in [0.1, 0.15) is 19.8 Å². The van der Waals surface area contributed by atoms with Crippen LogP contribution in [0.15, 0.2) is 23.1 Å². The topological polar surface area (TPSA) is 81.4 Å². The van der Waals surface area contributed by atoms with E-state index in [1.54, 1.807) is 12.1 Å². The lowest BCUT2D eigenvalue weighted by atomic mass is 9.89. The second kappa shape index (κ2) is 5.38. The molecule has 1 saturated carbocycles. The Labute approximate surface area is 114 Å². The van der Waals surface area contributed by atoms with Gasteiger partial charge in [-0.2, -0.15) is 0 Å². The van der Waals surface area contributed by atoms with Gasteiger partial charge in [-0.1, -0.05) is 0 Å². The molecule has 0 amide bonds. The summed E-state index contributed by atoms with van der Waals surface area (Å²) >= 11 is 0. The van der Waals surface area contributed by atoms with E-state index in [2.05, 4.69) is 5.32 Å². The fourth-order valence-corrected chi connectivity index (χ4v) is 2.83. The number of rotatable bonds is 5. The lowest BCUT2D eigenvalue weighted by molar-refractivity contribution is 0.00300. The molecule has 0 bridgehead atoms.